The van der Waals surface area contributed by atoms with E-state index in [0.717, 1.165) is 6.07 Å². The van der Waals surface area contributed by atoms with Crippen LogP contribution in [0, 0.1) is 6.92 Å². The van der Waals surface area contributed by atoms with Gasteiger partial charge in [-0.15, -0.1) is 0 Å². The lowest BCUT2D eigenvalue weighted by Crippen LogP contribution is -2.19. The molecule has 4 aromatic rings. The van der Waals surface area contributed by atoms with E-state index >= 15 is 0 Å². The number of fused-ring (bicyclic) bond motifs is 1. The van der Waals surface area contributed by atoms with Gasteiger partial charge in [0.1, 0.15) is 11.3 Å². The van der Waals surface area contributed by atoms with Crippen LogP contribution in [0.5, 0.6) is 5.75 Å². The lowest BCUT2D eigenvalue weighted by atomic mass is 9.92. The van der Waals surface area contributed by atoms with E-state index in [2.05, 4.69) is 20.3 Å². The number of phenols is 1. The molecule has 2 heterocycles. The summed E-state index contributed by atoms with van der Waals surface area (Å²) >= 11 is 0. The number of pyridine rings is 1. The second-order valence-corrected chi connectivity index (χ2v) is 6.76. The van der Waals surface area contributed by atoms with Gasteiger partial charge in [-0.3, -0.25) is 4.98 Å². The SMILES string of the molecule is Cc1ccnc(N[C@H](c2ccccc2C(F)(F)F)c2ccc3cccnc3c2O)n1. The summed E-state index contributed by atoms with van der Waals surface area (Å²) in [4.78, 5) is 12.5. The van der Waals surface area contributed by atoms with E-state index in [4.69, 9.17) is 0 Å². The van der Waals surface area contributed by atoms with Gasteiger partial charge in [-0.05, 0) is 30.7 Å². The van der Waals surface area contributed by atoms with Crippen molar-refractivity contribution in [1.82, 2.24) is 15.0 Å². The third kappa shape index (κ3) is 3.76. The van der Waals surface area contributed by atoms with E-state index in [9.17, 15) is 18.3 Å². The van der Waals surface area contributed by atoms with Crippen LogP contribution in [0.2, 0.25) is 0 Å². The molecule has 0 saturated heterocycles. The summed E-state index contributed by atoms with van der Waals surface area (Å²) in [6, 6.07) is 12.6. The fourth-order valence-electron chi connectivity index (χ4n) is 3.36. The Bertz CT molecular complexity index is 1210. The van der Waals surface area contributed by atoms with Crippen LogP contribution in [-0.2, 0) is 6.18 Å². The smallest absolute Gasteiger partial charge is 0.416 e. The molecule has 0 aliphatic heterocycles. The fourth-order valence-corrected chi connectivity index (χ4v) is 3.36. The number of hydrogen-bond donors (Lipinski definition) is 2. The number of nitrogens with one attached hydrogen (secondary N) is 1. The topological polar surface area (TPSA) is 70.9 Å². The number of aryl methyl sites for hydroxylation is 1. The summed E-state index contributed by atoms with van der Waals surface area (Å²) in [7, 11) is 0. The maximum absolute atomic E-state index is 13.7. The van der Waals surface area contributed by atoms with E-state index in [0.29, 0.717) is 16.6 Å². The highest BCUT2D eigenvalue weighted by molar-refractivity contribution is 5.86. The predicted molar refractivity (Wildman–Crippen MR) is 107 cm³/mol. The van der Waals surface area contributed by atoms with Gasteiger partial charge in [0, 0.05) is 29.0 Å². The second kappa shape index (κ2) is 7.62. The van der Waals surface area contributed by atoms with Gasteiger partial charge in [-0.25, -0.2) is 9.97 Å². The molecule has 30 heavy (non-hydrogen) atoms. The summed E-state index contributed by atoms with van der Waals surface area (Å²) < 4.78 is 41.2. The lowest BCUT2D eigenvalue weighted by Gasteiger charge is -2.24. The van der Waals surface area contributed by atoms with Gasteiger partial charge in [0.2, 0.25) is 5.95 Å². The van der Waals surface area contributed by atoms with Crippen molar-refractivity contribution < 1.29 is 18.3 Å². The molecule has 0 aliphatic carbocycles. The Morgan fingerprint density at radius 1 is 0.900 bits per heavy atom. The molecule has 5 nitrogen and oxygen atoms in total. The molecule has 2 aromatic heterocycles. The first-order valence-corrected chi connectivity index (χ1v) is 9.13. The first-order chi connectivity index (χ1) is 14.3. The van der Waals surface area contributed by atoms with Crippen LogP contribution in [0.15, 0.2) is 67.0 Å². The fraction of sp³-hybridized carbons (Fsp3) is 0.136. The van der Waals surface area contributed by atoms with Crippen LogP contribution in [-0.4, -0.2) is 20.1 Å². The highest BCUT2D eigenvalue weighted by Gasteiger charge is 2.36. The summed E-state index contributed by atoms with van der Waals surface area (Å²) in [6.45, 7) is 1.75. The molecule has 0 unspecified atom stereocenters. The molecule has 152 valence electrons. The molecule has 1 atom stereocenters. The second-order valence-electron chi connectivity index (χ2n) is 6.76. The molecule has 2 aromatic carbocycles. The van der Waals surface area contributed by atoms with E-state index < -0.39 is 17.8 Å². The van der Waals surface area contributed by atoms with Crippen LogP contribution >= 0.6 is 0 Å². The largest absolute Gasteiger partial charge is 0.505 e. The van der Waals surface area contributed by atoms with Crippen molar-refractivity contribution in [2.24, 2.45) is 0 Å². The molecule has 0 bridgehead atoms. The first kappa shape index (κ1) is 19.6. The standard InChI is InChI=1S/C22H17F3N4O/c1-13-10-12-27-21(28-13)29-19(15-6-2-3-7-17(15)22(23,24)25)16-9-8-14-5-4-11-26-18(14)20(16)30/h2-12,19,30H,1H3,(H,27,28,29)/t19-/m1/s1. The Balaban J connectivity index is 1.93. The molecule has 2 N–H and O–H groups in total. The maximum Gasteiger partial charge on any atom is 0.416 e. The van der Waals surface area contributed by atoms with E-state index in [1.807, 2.05) is 0 Å². The van der Waals surface area contributed by atoms with Gasteiger partial charge in [0.15, 0.2) is 0 Å². The van der Waals surface area contributed by atoms with Gasteiger partial charge < -0.3 is 10.4 Å². The number of halogens is 3. The Morgan fingerprint density at radius 3 is 2.47 bits per heavy atom. The molecular weight excluding hydrogens is 393 g/mol. The van der Waals surface area contributed by atoms with Crippen molar-refractivity contribution in [2.45, 2.75) is 19.1 Å². The summed E-state index contributed by atoms with van der Waals surface area (Å²) in [5, 5.41) is 14.5. The Hall–Kier alpha value is -3.68. The van der Waals surface area contributed by atoms with Gasteiger partial charge >= 0.3 is 6.18 Å². The highest BCUT2D eigenvalue weighted by Crippen LogP contribution is 2.41. The summed E-state index contributed by atoms with van der Waals surface area (Å²) in [5.41, 5.74) is 0.329. The zero-order chi connectivity index (χ0) is 21.3. The first-order valence-electron chi connectivity index (χ1n) is 9.13. The van der Waals surface area contributed by atoms with Crippen molar-refractivity contribution in [1.29, 1.82) is 0 Å². The van der Waals surface area contributed by atoms with Crippen molar-refractivity contribution in [2.75, 3.05) is 5.32 Å². The predicted octanol–water partition coefficient (Wildman–Crippen LogP) is 5.26. The van der Waals surface area contributed by atoms with Crippen LogP contribution in [0.4, 0.5) is 19.1 Å². The molecule has 4 rings (SSSR count). The average molecular weight is 410 g/mol. The van der Waals surface area contributed by atoms with Crippen LogP contribution in [0.1, 0.15) is 28.4 Å². The monoisotopic (exact) mass is 410 g/mol. The van der Waals surface area contributed by atoms with Crippen LogP contribution < -0.4 is 5.32 Å². The Kier molecular flexibility index (Phi) is 4.99. The Morgan fingerprint density at radius 2 is 1.70 bits per heavy atom. The third-order valence-corrected chi connectivity index (χ3v) is 4.74. The van der Waals surface area contributed by atoms with Crippen LogP contribution in [0.3, 0.4) is 0 Å². The van der Waals surface area contributed by atoms with Crippen LogP contribution in [0.25, 0.3) is 10.9 Å². The minimum atomic E-state index is -4.57. The molecule has 0 fully saturated rings. The third-order valence-electron chi connectivity index (χ3n) is 4.74. The zero-order valence-corrected chi connectivity index (χ0v) is 15.9. The molecule has 0 spiro atoms. The van der Waals surface area contributed by atoms with Gasteiger partial charge in [0.05, 0.1) is 11.6 Å². The number of anilines is 1. The van der Waals surface area contributed by atoms with Crippen molar-refractivity contribution in [3.05, 3.63) is 89.4 Å². The van der Waals surface area contributed by atoms with Gasteiger partial charge in [0.25, 0.3) is 0 Å². The van der Waals surface area contributed by atoms with Gasteiger partial charge in [-0.1, -0.05) is 36.4 Å². The number of benzene rings is 2. The average Bonchev–Trinajstić information content (AvgIpc) is 2.72. The van der Waals surface area contributed by atoms with E-state index in [1.54, 1.807) is 37.3 Å². The number of alkyl halides is 3. The maximum atomic E-state index is 13.7. The summed E-state index contributed by atoms with van der Waals surface area (Å²) in [6.07, 6.45) is -1.55. The van der Waals surface area contributed by atoms with E-state index in [-0.39, 0.29) is 22.8 Å². The van der Waals surface area contributed by atoms with E-state index in [1.165, 1.54) is 30.6 Å². The van der Waals surface area contributed by atoms with Crippen molar-refractivity contribution in [3.8, 4) is 5.75 Å². The normalized spacial score (nSPS) is 12.7. The molecular formula is C22H17F3N4O. The number of phenolic OH excluding ortho intramolecular Hbond substituents is 1. The minimum absolute atomic E-state index is 0.0549. The zero-order valence-electron chi connectivity index (χ0n) is 15.9. The number of hydrogen-bond acceptors (Lipinski definition) is 5. The number of aromatic hydroxyl groups is 1. The van der Waals surface area contributed by atoms with Crippen molar-refractivity contribution in [3.63, 3.8) is 0 Å². The number of rotatable bonds is 4. The molecule has 8 heteroatoms. The molecule has 0 aliphatic rings. The molecule has 0 saturated carbocycles. The summed E-state index contributed by atoms with van der Waals surface area (Å²) in [5.74, 6) is -0.0484. The highest BCUT2D eigenvalue weighted by atomic mass is 19.4. The quantitative estimate of drug-likeness (QED) is 0.480. The Labute approximate surface area is 170 Å². The number of aromatic nitrogens is 3. The van der Waals surface area contributed by atoms with Crippen molar-refractivity contribution >= 4 is 16.9 Å². The minimum Gasteiger partial charge on any atom is -0.505 e. The lowest BCUT2D eigenvalue weighted by molar-refractivity contribution is -0.138. The van der Waals surface area contributed by atoms with Gasteiger partial charge in [-0.2, -0.15) is 13.2 Å². The molecule has 0 amide bonds. The number of nitrogens with zero attached hydrogens (tertiary/aromatic N) is 3. The molecule has 0 radical (unpaired) electrons.